The Morgan fingerprint density at radius 3 is 2.62 bits per heavy atom. The van der Waals surface area contributed by atoms with Gasteiger partial charge in [-0.1, -0.05) is 34.4 Å². The Kier molecular flexibility index (Phi) is 5.33. The zero-order valence-corrected chi connectivity index (χ0v) is 16.3. The molecule has 0 saturated heterocycles. The summed E-state index contributed by atoms with van der Waals surface area (Å²) in [6, 6.07) is 14.2. The van der Waals surface area contributed by atoms with Crippen LogP contribution in [0.15, 0.2) is 65.3 Å². The number of benzene rings is 2. The standard InChI is InChI=1S/C20H13Cl2FN4O2/c21-15-6-1-12(9-16(15)22)11-27-8-7-19(25-27)24-20(28)17-10-18(29-26-17)13-2-4-14(23)5-3-13/h1-10H,11H2,(H,24,25,28). The first-order valence-corrected chi connectivity index (χ1v) is 9.25. The molecule has 0 aliphatic rings. The molecule has 2 aromatic heterocycles. The molecule has 0 saturated carbocycles. The molecule has 0 spiro atoms. The molecule has 0 atom stereocenters. The van der Waals surface area contributed by atoms with Crippen LogP contribution in [0.25, 0.3) is 11.3 Å². The fourth-order valence-corrected chi connectivity index (χ4v) is 2.97. The van der Waals surface area contributed by atoms with E-state index in [1.807, 2.05) is 6.07 Å². The van der Waals surface area contributed by atoms with Crippen molar-refractivity contribution in [1.29, 1.82) is 0 Å². The van der Waals surface area contributed by atoms with Gasteiger partial charge in [0.15, 0.2) is 17.3 Å². The number of carbonyl (C=O) groups excluding carboxylic acids is 1. The highest BCUT2D eigenvalue weighted by Gasteiger charge is 2.15. The lowest BCUT2D eigenvalue weighted by atomic mass is 10.1. The fraction of sp³-hybridized carbons (Fsp3) is 0.0500. The number of nitrogens with one attached hydrogen (secondary N) is 1. The van der Waals surface area contributed by atoms with Crippen LogP contribution in [0.2, 0.25) is 10.0 Å². The number of anilines is 1. The lowest BCUT2D eigenvalue weighted by molar-refractivity contribution is 0.101. The van der Waals surface area contributed by atoms with Crippen LogP contribution in [0, 0.1) is 5.82 Å². The summed E-state index contributed by atoms with van der Waals surface area (Å²) >= 11 is 11.9. The van der Waals surface area contributed by atoms with Gasteiger partial charge in [0.25, 0.3) is 5.91 Å². The van der Waals surface area contributed by atoms with E-state index in [0.717, 1.165) is 5.56 Å². The van der Waals surface area contributed by atoms with Crippen molar-refractivity contribution in [3.8, 4) is 11.3 Å². The molecule has 9 heteroatoms. The van der Waals surface area contributed by atoms with E-state index in [4.69, 9.17) is 27.7 Å². The zero-order chi connectivity index (χ0) is 20.4. The molecule has 1 N–H and O–H groups in total. The molecule has 0 radical (unpaired) electrons. The first kappa shape index (κ1) is 19.2. The third kappa shape index (κ3) is 4.47. The van der Waals surface area contributed by atoms with Crippen LogP contribution in [0.3, 0.4) is 0 Å². The summed E-state index contributed by atoms with van der Waals surface area (Å²) in [5, 5.41) is 11.7. The molecular weight excluding hydrogens is 418 g/mol. The van der Waals surface area contributed by atoms with Crippen molar-refractivity contribution in [3.05, 3.63) is 87.9 Å². The molecule has 0 unspecified atom stereocenters. The summed E-state index contributed by atoms with van der Waals surface area (Å²) in [6.07, 6.45) is 1.73. The molecule has 0 bridgehead atoms. The van der Waals surface area contributed by atoms with Crippen molar-refractivity contribution >= 4 is 34.9 Å². The first-order valence-electron chi connectivity index (χ1n) is 8.49. The van der Waals surface area contributed by atoms with Crippen LogP contribution in [-0.4, -0.2) is 20.8 Å². The molecule has 29 heavy (non-hydrogen) atoms. The molecule has 146 valence electrons. The molecule has 2 heterocycles. The summed E-state index contributed by atoms with van der Waals surface area (Å²) in [6.45, 7) is 0.464. The molecule has 4 rings (SSSR count). The Hall–Kier alpha value is -3.16. The summed E-state index contributed by atoms with van der Waals surface area (Å²) in [4.78, 5) is 12.4. The minimum absolute atomic E-state index is 0.0864. The number of nitrogens with zero attached hydrogens (tertiary/aromatic N) is 3. The van der Waals surface area contributed by atoms with Gasteiger partial charge in [-0.25, -0.2) is 4.39 Å². The second-order valence-electron chi connectivity index (χ2n) is 6.18. The smallest absolute Gasteiger partial charge is 0.279 e. The Bertz CT molecular complexity index is 1170. The predicted molar refractivity (Wildman–Crippen MR) is 108 cm³/mol. The maximum absolute atomic E-state index is 13.0. The summed E-state index contributed by atoms with van der Waals surface area (Å²) in [7, 11) is 0. The second-order valence-corrected chi connectivity index (χ2v) is 7.00. The van der Waals surface area contributed by atoms with E-state index in [9.17, 15) is 9.18 Å². The Morgan fingerprint density at radius 2 is 1.86 bits per heavy atom. The normalized spacial score (nSPS) is 10.9. The van der Waals surface area contributed by atoms with Gasteiger partial charge in [-0.3, -0.25) is 9.48 Å². The maximum atomic E-state index is 13.0. The van der Waals surface area contributed by atoms with Crippen molar-refractivity contribution in [3.63, 3.8) is 0 Å². The number of halogens is 3. The predicted octanol–water partition coefficient (Wildman–Crippen LogP) is 5.28. The van der Waals surface area contributed by atoms with Gasteiger partial charge in [0, 0.05) is 23.9 Å². The SMILES string of the molecule is O=C(Nc1ccn(Cc2ccc(Cl)c(Cl)c2)n1)c1cc(-c2ccc(F)cc2)on1. The summed E-state index contributed by atoms with van der Waals surface area (Å²) in [5.74, 6) is -0.105. The molecule has 1 amide bonds. The minimum Gasteiger partial charge on any atom is -0.355 e. The van der Waals surface area contributed by atoms with Crippen molar-refractivity contribution in [2.24, 2.45) is 0 Å². The zero-order valence-electron chi connectivity index (χ0n) is 14.8. The summed E-state index contributed by atoms with van der Waals surface area (Å²) in [5.41, 5.74) is 1.62. The van der Waals surface area contributed by atoms with Gasteiger partial charge in [0.1, 0.15) is 5.82 Å². The Balaban J connectivity index is 1.42. The quantitative estimate of drug-likeness (QED) is 0.467. The maximum Gasteiger partial charge on any atom is 0.279 e. The first-order chi connectivity index (χ1) is 14.0. The number of rotatable bonds is 5. The average molecular weight is 431 g/mol. The minimum atomic E-state index is -0.470. The van der Waals surface area contributed by atoms with Crippen molar-refractivity contribution < 1.29 is 13.7 Å². The third-order valence-corrected chi connectivity index (χ3v) is 4.82. The largest absolute Gasteiger partial charge is 0.355 e. The van der Waals surface area contributed by atoms with Crippen molar-refractivity contribution in [2.75, 3.05) is 5.32 Å². The third-order valence-electron chi connectivity index (χ3n) is 4.08. The van der Waals surface area contributed by atoms with E-state index >= 15 is 0 Å². The van der Waals surface area contributed by atoms with E-state index in [1.165, 1.54) is 18.2 Å². The van der Waals surface area contributed by atoms with Crippen LogP contribution >= 0.6 is 23.2 Å². The lowest BCUT2D eigenvalue weighted by Crippen LogP contribution is -2.13. The number of hydrogen-bond acceptors (Lipinski definition) is 4. The second kappa shape index (κ2) is 8.06. The van der Waals surface area contributed by atoms with Crippen molar-refractivity contribution in [2.45, 2.75) is 6.54 Å². The molecular formula is C20H13Cl2FN4O2. The van der Waals surface area contributed by atoms with Crippen LogP contribution in [0.4, 0.5) is 10.2 Å². The highest BCUT2D eigenvalue weighted by Crippen LogP contribution is 2.23. The van der Waals surface area contributed by atoms with Crippen LogP contribution in [-0.2, 0) is 6.54 Å². The van der Waals surface area contributed by atoms with Gasteiger partial charge < -0.3 is 9.84 Å². The van der Waals surface area contributed by atoms with Crippen LogP contribution < -0.4 is 5.32 Å². The number of carbonyl (C=O) groups is 1. The van der Waals surface area contributed by atoms with Crippen molar-refractivity contribution in [1.82, 2.24) is 14.9 Å². The van der Waals surface area contributed by atoms with E-state index < -0.39 is 5.91 Å². The van der Waals surface area contributed by atoms with Gasteiger partial charge in [-0.15, -0.1) is 0 Å². The number of hydrogen-bond donors (Lipinski definition) is 1. The van der Waals surface area contributed by atoms with Gasteiger partial charge in [0.05, 0.1) is 16.6 Å². The Labute approximate surface area is 174 Å². The van der Waals surface area contributed by atoms with Crippen LogP contribution in [0.5, 0.6) is 0 Å². The monoisotopic (exact) mass is 430 g/mol. The molecule has 0 aliphatic carbocycles. The molecule has 2 aromatic carbocycles. The molecule has 6 nitrogen and oxygen atoms in total. The van der Waals surface area contributed by atoms with Gasteiger partial charge in [-0.2, -0.15) is 5.10 Å². The lowest BCUT2D eigenvalue weighted by Gasteiger charge is -2.04. The van der Waals surface area contributed by atoms with E-state index in [0.29, 0.717) is 33.7 Å². The van der Waals surface area contributed by atoms with Gasteiger partial charge in [-0.05, 0) is 42.0 Å². The number of aromatic nitrogens is 3. The fourth-order valence-electron chi connectivity index (χ4n) is 2.65. The van der Waals surface area contributed by atoms with E-state index in [1.54, 1.807) is 41.2 Å². The Morgan fingerprint density at radius 1 is 1.07 bits per heavy atom. The van der Waals surface area contributed by atoms with Crippen LogP contribution in [0.1, 0.15) is 16.1 Å². The highest BCUT2D eigenvalue weighted by molar-refractivity contribution is 6.42. The topological polar surface area (TPSA) is 73.0 Å². The van der Waals surface area contributed by atoms with E-state index in [-0.39, 0.29) is 11.5 Å². The summed E-state index contributed by atoms with van der Waals surface area (Å²) < 4.78 is 19.9. The molecule has 0 aliphatic heterocycles. The average Bonchev–Trinajstić information content (AvgIpc) is 3.35. The van der Waals surface area contributed by atoms with E-state index in [2.05, 4.69) is 15.6 Å². The molecule has 4 aromatic rings. The molecule has 0 fully saturated rings. The van der Waals surface area contributed by atoms with Gasteiger partial charge >= 0.3 is 0 Å². The highest BCUT2D eigenvalue weighted by atomic mass is 35.5. The van der Waals surface area contributed by atoms with Gasteiger partial charge in [0.2, 0.25) is 0 Å². The number of amides is 1.